The largest absolute Gasteiger partial charge is 0.375 e. The zero-order valence-electron chi connectivity index (χ0n) is 9.08. The predicted molar refractivity (Wildman–Crippen MR) is 60.1 cm³/mol. The summed E-state index contributed by atoms with van der Waals surface area (Å²) in [5.74, 6) is 0.216. The summed E-state index contributed by atoms with van der Waals surface area (Å²) in [4.78, 5) is 18.2. The monoisotopic (exact) mass is 250 g/mol. The highest BCUT2D eigenvalue weighted by atomic mass is 35.5. The molecule has 8 heteroatoms. The maximum Gasteiger partial charge on any atom is 0.240 e. The second kappa shape index (κ2) is 5.78. The lowest BCUT2D eigenvalue weighted by molar-refractivity contribution is -0.503. The van der Waals surface area contributed by atoms with Crippen LogP contribution in [0.2, 0.25) is 0 Å². The first-order valence-corrected chi connectivity index (χ1v) is 4.43. The van der Waals surface area contributed by atoms with Gasteiger partial charge in [-0.1, -0.05) is 0 Å². The molecule has 0 aliphatic rings. The van der Waals surface area contributed by atoms with Crippen molar-refractivity contribution in [3.05, 3.63) is 28.3 Å². The summed E-state index contributed by atoms with van der Waals surface area (Å²) in [6.07, 6.45) is 2.98. The van der Waals surface area contributed by atoms with Crippen LogP contribution < -0.4 is 0 Å². The zero-order chi connectivity index (χ0) is 11.5. The van der Waals surface area contributed by atoms with Crippen LogP contribution in [-0.4, -0.2) is 52.1 Å². The summed E-state index contributed by atoms with van der Waals surface area (Å²) in [5, 5.41) is 20.6. The molecule has 0 aromatic carbocycles. The number of likely N-dealkylation sites (N-methyl/N-ethyl adjacent to an activating group) is 1. The molecule has 1 heterocycles. The Morgan fingerprint density at radius 3 is 2.69 bits per heavy atom. The number of hydrogen-bond donors (Lipinski definition) is 2. The molecule has 0 aliphatic carbocycles. The molecule has 16 heavy (non-hydrogen) atoms. The summed E-state index contributed by atoms with van der Waals surface area (Å²) in [5.41, 5.74) is -1.57. The van der Waals surface area contributed by atoms with E-state index in [9.17, 15) is 15.2 Å². The molecule has 92 valence electrons. The fourth-order valence-corrected chi connectivity index (χ4v) is 1.46. The summed E-state index contributed by atoms with van der Waals surface area (Å²) in [6, 6.07) is 0. The van der Waals surface area contributed by atoms with E-state index >= 15 is 0 Å². The van der Waals surface area contributed by atoms with Gasteiger partial charge in [-0.05, 0) is 14.1 Å². The van der Waals surface area contributed by atoms with Crippen molar-refractivity contribution in [3.63, 3.8) is 0 Å². The van der Waals surface area contributed by atoms with Crippen LogP contribution in [0.25, 0.3) is 0 Å². The first-order valence-electron chi connectivity index (χ1n) is 4.43. The highest BCUT2D eigenvalue weighted by Crippen LogP contribution is 2.18. The maximum absolute atomic E-state index is 10.5. The SMILES string of the molecule is CN(C)CC(O)(C[N+](=O)[O-])c1ncc[nH]1.Cl. The molecule has 0 spiro atoms. The van der Waals surface area contributed by atoms with E-state index in [1.807, 2.05) is 0 Å². The van der Waals surface area contributed by atoms with Crippen LogP contribution in [0.5, 0.6) is 0 Å². The molecule has 1 aromatic heterocycles. The molecule has 1 unspecified atom stereocenters. The molecule has 7 nitrogen and oxygen atoms in total. The second-order valence-electron chi connectivity index (χ2n) is 3.70. The molecule has 1 aromatic rings. The lowest BCUT2D eigenvalue weighted by atomic mass is 10.0. The Balaban J connectivity index is 0.00000225. The van der Waals surface area contributed by atoms with E-state index in [0.717, 1.165) is 0 Å². The number of aromatic amines is 1. The van der Waals surface area contributed by atoms with Crippen molar-refractivity contribution in [1.82, 2.24) is 14.9 Å². The zero-order valence-corrected chi connectivity index (χ0v) is 9.90. The predicted octanol–water partition coefficient (Wildman–Crippen LogP) is -0.143. The minimum atomic E-state index is -1.57. The van der Waals surface area contributed by atoms with Crippen molar-refractivity contribution in [1.29, 1.82) is 0 Å². The molecular formula is C8H15ClN4O3. The molecule has 1 atom stereocenters. The van der Waals surface area contributed by atoms with Gasteiger partial charge in [0.25, 0.3) is 0 Å². The molecule has 1 rings (SSSR count). The lowest BCUT2D eigenvalue weighted by Gasteiger charge is -2.25. The number of nitro groups is 1. The summed E-state index contributed by atoms with van der Waals surface area (Å²) >= 11 is 0. The molecule has 2 N–H and O–H groups in total. The van der Waals surface area contributed by atoms with E-state index in [1.165, 1.54) is 12.4 Å². The van der Waals surface area contributed by atoms with E-state index in [-0.39, 0.29) is 24.8 Å². The summed E-state index contributed by atoms with van der Waals surface area (Å²) in [6.45, 7) is -0.430. The van der Waals surface area contributed by atoms with Crippen molar-refractivity contribution in [2.45, 2.75) is 5.60 Å². The van der Waals surface area contributed by atoms with Gasteiger partial charge in [-0.2, -0.15) is 0 Å². The summed E-state index contributed by atoms with van der Waals surface area (Å²) in [7, 11) is 3.46. The fraction of sp³-hybridized carbons (Fsp3) is 0.625. The number of nitrogens with one attached hydrogen (secondary N) is 1. The molecule has 0 saturated carbocycles. The normalized spacial score (nSPS) is 14.2. The molecule has 0 aliphatic heterocycles. The van der Waals surface area contributed by atoms with Crippen molar-refractivity contribution in [2.75, 3.05) is 27.2 Å². The van der Waals surface area contributed by atoms with Gasteiger partial charge < -0.3 is 15.0 Å². The van der Waals surface area contributed by atoms with Crippen molar-refractivity contribution >= 4 is 12.4 Å². The van der Waals surface area contributed by atoms with Gasteiger partial charge in [-0.3, -0.25) is 10.1 Å². The number of hydrogen-bond acceptors (Lipinski definition) is 5. The third-order valence-electron chi connectivity index (χ3n) is 1.91. The smallest absolute Gasteiger partial charge is 0.240 e. The summed E-state index contributed by atoms with van der Waals surface area (Å²) < 4.78 is 0. The second-order valence-corrected chi connectivity index (χ2v) is 3.70. The standard InChI is InChI=1S/C8H14N4O3.ClH/c1-11(2)5-8(13,6-12(14)15)7-9-3-4-10-7;/h3-4,13H,5-6H2,1-2H3,(H,9,10);1H. The van der Waals surface area contributed by atoms with E-state index < -0.39 is 17.1 Å². The van der Waals surface area contributed by atoms with Gasteiger partial charge in [-0.15, -0.1) is 12.4 Å². The van der Waals surface area contributed by atoms with E-state index in [1.54, 1.807) is 19.0 Å². The fourth-order valence-electron chi connectivity index (χ4n) is 1.46. The van der Waals surface area contributed by atoms with Crippen LogP contribution in [0.3, 0.4) is 0 Å². The number of nitrogens with zero attached hydrogens (tertiary/aromatic N) is 3. The van der Waals surface area contributed by atoms with Crippen molar-refractivity contribution in [2.24, 2.45) is 0 Å². The van der Waals surface area contributed by atoms with E-state index in [2.05, 4.69) is 9.97 Å². The number of imidazole rings is 1. The maximum atomic E-state index is 10.5. The number of aliphatic hydroxyl groups is 1. The van der Waals surface area contributed by atoms with Gasteiger partial charge in [-0.25, -0.2) is 4.98 Å². The van der Waals surface area contributed by atoms with Gasteiger partial charge in [0.1, 0.15) is 5.82 Å². The van der Waals surface area contributed by atoms with Crippen LogP contribution in [0.4, 0.5) is 0 Å². The van der Waals surface area contributed by atoms with E-state index in [4.69, 9.17) is 0 Å². The molecule has 0 saturated heterocycles. The third kappa shape index (κ3) is 3.76. The Kier molecular flexibility index (Phi) is 5.36. The molecule has 0 bridgehead atoms. The quantitative estimate of drug-likeness (QED) is 0.560. The van der Waals surface area contributed by atoms with Crippen LogP contribution in [0.1, 0.15) is 5.82 Å². The van der Waals surface area contributed by atoms with Crippen LogP contribution in [0.15, 0.2) is 12.4 Å². The lowest BCUT2D eigenvalue weighted by Crippen LogP contribution is -2.44. The van der Waals surface area contributed by atoms with Gasteiger partial charge in [0.2, 0.25) is 6.54 Å². The van der Waals surface area contributed by atoms with Gasteiger partial charge in [0.15, 0.2) is 5.60 Å². The number of aromatic nitrogens is 2. The van der Waals surface area contributed by atoms with Crippen molar-refractivity contribution < 1.29 is 10.0 Å². The highest BCUT2D eigenvalue weighted by molar-refractivity contribution is 5.85. The van der Waals surface area contributed by atoms with Crippen LogP contribution >= 0.6 is 12.4 Å². The Labute approximate surface area is 99.0 Å². The van der Waals surface area contributed by atoms with E-state index in [0.29, 0.717) is 0 Å². The Hall–Kier alpha value is -1.18. The Morgan fingerprint density at radius 2 is 2.31 bits per heavy atom. The molecular weight excluding hydrogens is 236 g/mol. The number of rotatable bonds is 5. The first kappa shape index (κ1) is 14.8. The number of halogens is 1. The van der Waals surface area contributed by atoms with Crippen LogP contribution in [0, 0.1) is 10.1 Å². The highest BCUT2D eigenvalue weighted by Gasteiger charge is 2.38. The minimum absolute atomic E-state index is 0. The molecule has 0 amide bonds. The average Bonchev–Trinajstić information content (AvgIpc) is 2.51. The molecule has 0 radical (unpaired) electrons. The minimum Gasteiger partial charge on any atom is -0.375 e. The first-order chi connectivity index (χ1) is 6.94. The average molecular weight is 251 g/mol. The van der Waals surface area contributed by atoms with Gasteiger partial charge in [0.05, 0.1) is 0 Å². The molecule has 0 fully saturated rings. The van der Waals surface area contributed by atoms with Gasteiger partial charge >= 0.3 is 0 Å². The van der Waals surface area contributed by atoms with Crippen molar-refractivity contribution in [3.8, 4) is 0 Å². The topological polar surface area (TPSA) is 95.3 Å². The third-order valence-corrected chi connectivity index (χ3v) is 1.91. The number of H-pyrrole nitrogens is 1. The Bertz CT molecular complexity index is 330. The van der Waals surface area contributed by atoms with Crippen LogP contribution in [-0.2, 0) is 5.60 Å². The Morgan fingerprint density at radius 1 is 1.69 bits per heavy atom. The van der Waals surface area contributed by atoms with Gasteiger partial charge in [0, 0.05) is 23.9 Å².